The van der Waals surface area contributed by atoms with E-state index in [1.165, 1.54) is 13.8 Å². The Bertz CT molecular complexity index is 603. The first-order chi connectivity index (χ1) is 13.5. The molecule has 0 aliphatic rings. The van der Waals surface area contributed by atoms with Gasteiger partial charge in [0.1, 0.15) is 19.8 Å². The predicted molar refractivity (Wildman–Crippen MR) is 103 cm³/mol. The Hall–Kier alpha value is -2.00. The average molecular weight is 436 g/mol. The molecule has 29 heavy (non-hydrogen) atoms. The van der Waals surface area contributed by atoms with Gasteiger partial charge in [-0.15, -0.1) is 0 Å². The van der Waals surface area contributed by atoms with Crippen molar-refractivity contribution in [3.05, 3.63) is 24.3 Å². The zero-order valence-corrected chi connectivity index (χ0v) is 18.2. The maximum absolute atomic E-state index is 12.6. The van der Waals surface area contributed by atoms with Gasteiger partial charge in [-0.05, 0) is 13.8 Å². The van der Waals surface area contributed by atoms with Gasteiger partial charge in [-0.1, -0.05) is 27.0 Å². The molecular weight excluding hydrogens is 407 g/mol. The lowest BCUT2D eigenvalue weighted by molar-refractivity contribution is -0.148. The van der Waals surface area contributed by atoms with E-state index in [4.69, 9.17) is 27.8 Å². The summed E-state index contributed by atoms with van der Waals surface area (Å²) in [6.07, 6.45) is 0. The molecule has 166 valence electrons. The highest BCUT2D eigenvalue weighted by molar-refractivity contribution is 7.48. The van der Waals surface area contributed by atoms with E-state index in [0.29, 0.717) is 0 Å². The molecule has 11 heteroatoms. The average Bonchev–Trinajstić information content (AvgIpc) is 2.65. The summed E-state index contributed by atoms with van der Waals surface area (Å²) < 4.78 is 42.4. The Kier molecular flexibility index (Phi) is 13.1. The fourth-order valence-electron chi connectivity index (χ4n) is 1.38. The number of phosphoric ester groups is 1. The van der Waals surface area contributed by atoms with Gasteiger partial charge < -0.3 is 14.2 Å². The molecule has 0 aliphatic heterocycles. The van der Waals surface area contributed by atoms with Gasteiger partial charge in [0, 0.05) is 11.1 Å². The maximum atomic E-state index is 12.6. The van der Waals surface area contributed by atoms with Crippen LogP contribution in [0.2, 0.25) is 0 Å². The van der Waals surface area contributed by atoms with Crippen LogP contribution in [0.15, 0.2) is 24.3 Å². The van der Waals surface area contributed by atoms with Crippen LogP contribution in [0.1, 0.15) is 27.7 Å². The van der Waals surface area contributed by atoms with Crippen LogP contribution in [0.4, 0.5) is 0 Å². The summed E-state index contributed by atoms with van der Waals surface area (Å²) >= 11 is 0. The Morgan fingerprint density at radius 2 is 1.07 bits per heavy atom. The first-order valence-electron chi connectivity index (χ1n) is 8.84. The van der Waals surface area contributed by atoms with Crippen molar-refractivity contribution in [2.45, 2.75) is 27.7 Å². The van der Waals surface area contributed by atoms with Crippen LogP contribution in [0, 0.1) is 5.92 Å². The third-order valence-electron chi connectivity index (χ3n) is 2.88. The molecule has 10 nitrogen and oxygen atoms in total. The second kappa shape index (κ2) is 14.1. The van der Waals surface area contributed by atoms with Crippen molar-refractivity contribution in [1.82, 2.24) is 0 Å². The SMILES string of the molecule is C=C(C)C(=O)OCCOP(=O)(OCCOC(=O)C(=C)C)OCCOC(=O)C(C)C. The monoisotopic (exact) mass is 436 g/mol. The van der Waals surface area contributed by atoms with Crippen molar-refractivity contribution in [3.63, 3.8) is 0 Å². The van der Waals surface area contributed by atoms with Crippen LogP contribution >= 0.6 is 7.82 Å². The number of carbonyl (C=O) groups is 3. The van der Waals surface area contributed by atoms with E-state index in [1.54, 1.807) is 13.8 Å². The fourth-order valence-corrected chi connectivity index (χ4v) is 2.50. The van der Waals surface area contributed by atoms with Crippen LogP contribution in [-0.4, -0.2) is 57.5 Å². The predicted octanol–water partition coefficient (Wildman–Crippen LogP) is 2.58. The molecule has 0 unspecified atom stereocenters. The van der Waals surface area contributed by atoms with E-state index in [9.17, 15) is 18.9 Å². The third kappa shape index (κ3) is 13.0. The number of carbonyl (C=O) groups excluding carboxylic acids is 3. The molecule has 0 atom stereocenters. The van der Waals surface area contributed by atoms with E-state index in [2.05, 4.69) is 13.2 Å². The minimum absolute atomic E-state index is 0.164. The highest BCUT2D eigenvalue weighted by atomic mass is 31.2. The molecule has 0 radical (unpaired) electrons. The van der Waals surface area contributed by atoms with Gasteiger partial charge in [0.05, 0.1) is 25.7 Å². The molecule has 0 spiro atoms. The standard InChI is InChI=1S/C18H29O10P/c1-13(2)16(19)23-7-10-26-29(22,27-11-8-24-17(20)14(3)4)28-12-9-25-18(21)15(5)6/h15H,1,3,7-12H2,2,4-6H3. The minimum Gasteiger partial charge on any atom is -0.463 e. The van der Waals surface area contributed by atoms with E-state index >= 15 is 0 Å². The van der Waals surface area contributed by atoms with Crippen LogP contribution in [-0.2, 0) is 46.7 Å². The van der Waals surface area contributed by atoms with Crippen molar-refractivity contribution in [2.75, 3.05) is 39.6 Å². The minimum atomic E-state index is -4.09. The Labute approximate surface area is 170 Å². The van der Waals surface area contributed by atoms with Crippen LogP contribution in [0.5, 0.6) is 0 Å². The number of ether oxygens (including phenoxy) is 3. The van der Waals surface area contributed by atoms with Crippen LogP contribution in [0.25, 0.3) is 0 Å². The number of esters is 3. The van der Waals surface area contributed by atoms with E-state index in [1.807, 2.05) is 0 Å². The lowest BCUT2D eigenvalue weighted by atomic mass is 10.2. The molecule has 0 aromatic carbocycles. The number of rotatable bonds is 15. The molecular formula is C18H29O10P. The molecule has 0 amide bonds. The molecule has 0 aromatic heterocycles. The maximum Gasteiger partial charge on any atom is 0.475 e. The largest absolute Gasteiger partial charge is 0.475 e. The van der Waals surface area contributed by atoms with Crippen LogP contribution < -0.4 is 0 Å². The summed E-state index contributed by atoms with van der Waals surface area (Å²) in [6, 6.07) is 0. The van der Waals surface area contributed by atoms with Crippen molar-refractivity contribution in [1.29, 1.82) is 0 Å². The lowest BCUT2D eigenvalue weighted by Crippen LogP contribution is -2.17. The molecule has 0 saturated carbocycles. The molecule has 0 aromatic rings. The van der Waals surface area contributed by atoms with Crippen molar-refractivity contribution < 1.29 is 46.7 Å². The lowest BCUT2D eigenvalue weighted by Gasteiger charge is -2.18. The van der Waals surface area contributed by atoms with Crippen molar-refractivity contribution >= 4 is 25.7 Å². The number of hydrogen-bond donors (Lipinski definition) is 0. The van der Waals surface area contributed by atoms with Gasteiger partial charge in [-0.2, -0.15) is 0 Å². The normalized spacial score (nSPS) is 11.1. The molecule has 0 aliphatic carbocycles. The second-order valence-electron chi connectivity index (χ2n) is 6.10. The molecule has 0 N–H and O–H groups in total. The van der Waals surface area contributed by atoms with E-state index in [-0.39, 0.29) is 56.7 Å². The van der Waals surface area contributed by atoms with Gasteiger partial charge in [0.25, 0.3) is 0 Å². The molecule has 0 bridgehead atoms. The summed E-state index contributed by atoms with van der Waals surface area (Å²) in [5, 5.41) is 0. The molecule has 0 rings (SSSR count). The quantitative estimate of drug-likeness (QED) is 0.124. The van der Waals surface area contributed by atoms with Gasteiger partial charge in [0.15, 0.2) is 0 Å². The number of hydrogen-bond acceptors (Lipinski definition) is 10. The first kappa shape index (κ1) is 27.0. The summed E-state index contributed by atoms with van der Waals surface area (Å²) in [6.45, 7) is 11.7. The van der Waals surface area contributed by atoms with E-state index < -0.39 is 25.7 Å². The summed E-state index contributed by atoms with van der Waals surface area (Å²) in [4.78, 5) is 34.0. The topological polar surface area (TPSA) is 124 Å². The summed E-state index contributed by atoms with van der Waals surface area (Å²) in [5.41, 5.74) is 0.402. The second-order valence-corrected chi connectivity index (χ2v) is 7.77. The van der Waals surface area contributed by atoms with Crippen molar-refractivity contribution in [3.8, 4) is 0 Å². The third-order valence-corrected chi connectivity index (χ3v) is 4.37. The van der Waals surface area contributed by atoms with Gasteiger partial charge >= 0.3 is 25.7 Å². The highest BCUT2D eigenvalue weighted by Gasteiger charge is 2.27. The summed E-state index contributed by atoms with van der Waals surface area (Å²) in [7, 11) is -4.09. The highest BCUT2D eigenvalue weighted by Crippen LogP contribution is 2.49. The van der Waals surface area contributed by atoms with Crippen molar-refractivity contribution in [2.24, 2.45) is 5.92 Å². The Morgan fingerprint density at radius 3 is 1.38 bits per heavy atom. The van der Waals surface area contributed by atoms with Gasteiger partial charge in [0.2, 0.25) is 0 Å². The fraction of sp³-hybridized carbons (Fsp3) is 0.611. The first-order valence-corrected chi connectivity index (χ1v) is 10.3. The molecule has 0 saturated heterocycles. The van der Waals surface area contributed by atoms with E-state index in [0.717, 1.165) is 0 Å². The Morgan fingerprint density at radius 1 is 0.724 bits per heavy atom. The number of phosphoric acid groups is 1. The summed E-state index contributed by atoms with van der Waals surface area (Å²) in [5.74, 6) is -2.01. The molecule has 0 fully saturated rings. The zero-order valence-electron chi connectivity index (χ0n) is 17.3. The smallest absolute Gasteiger partial charge is 0.463 e. The molecule has 0 heterocycles. The van der Waals surface area contributed by atoms with Gasteiger partial charge in [-0.3, -0.25) is 18.4 Å². The Balaban J connectivity index is 4.54. The van der Waals surface area contributed by atoms with Gasteiger partial charge in [-0.25, -0.2) is 14.2 Å². The van der Waals surface area contributed by atoms with Crippen LogP contribution in [0.3, 0.4) is 0 Å². The zero-order chi connectivity index (χ0) is 22.4.